The van der Waals surface area contributed by atoms with E-state index in [9.17, 15) is 4.79 Å². The van der Waals surface area contributed by atoms with Crippen molar-refractivity contribution in [2.24, 2.45) is 7.05 Å². The summed E-state index contributed by atoms with van der Waals surface area (Å²) >= 11 is 1.50. The quantitative estimate of drug-likeness (QED) is 0.459. The summed E-state index contributed by atoms with van der Waals surface area (Å²) in [5.74, 6) is 1.82. The summed E-state index contributed by atoms with van der Waals surface area (Å²) in [6, 6.07) is 10.9. The fraction of sp³-hybridized carbons (Fsp3) is 0.100. The maximum Gasteiger partial charge on any atom is 0.248 e. The number of thiophene rings is 1. The first-order chi connectivity index (χ1) is 14.1. The van der Waals surface area contributed by atoms with E-state index >= 15 is 0 Å². The zero-order chi connectivity index (χ0) is 20.2. The highest BCUT2D eigenvalue weighted by Crippen LogP contribution is 2.33. The van der Waals surface area contributed by atoms with Crippen molar-refractivity contribution in [1.82, 2.24) is 19.7 Å². The number of fused-ring (bicyclic) bond motifs is 1. The number of aromatic nitrogens is 4. The number of ether oxygens (including phenoxy) is 1. The summed E-state index contributed by atoms with van der Waals surface area (Å²) in [5, 5.41) is 12.1. The minimum Gasteiger partial charge on any atom is -0.437 e. The molecule has 4 aromatic rings. The molecule has 4 rings (SSSR count). The molecule has 0 aliphatic carbocycles. The first-order valence-electron chi connectivity index (χ1n) is 8.84. The maximum atomic E-state index is 11.8. The molecule has 0 aliphatic heterocycles. The number of aryl methyl sites for hydroxylation is 1. The largest absolute Gasteiger partial charge is 0.437 e. The van der Waals surface area contributed by atoms with Gasteiger partial charge in [0.1, 0.15) is 10.4 Å². The number of carbonyl (C=O) groups is 1. The Hall–Kier alpha value is -3.72. The third-order valence-corrected chi connectivity index (χ3v) is 4.75. The van der Waals surface area contributed by atoms with Gasteiger partial charge in [-0.2, -0.15) is 10.1 Å². The van der Waals surface area contributed by atoms with Gasteiger partial charge in [0.25, 0.3) is 0 Å². The van der Waals surface area contributed by atoms with Gasteiger partial charge in [-0.15, -0.1) is 11.3 Å². The Balaban J connectivity index is 1.62. The van der Waals surface area contributed by atoms with Gasteiger partial charge in [-0.1, -0.05) is 12.1 Å². The number of hydrogen-bond acceptors (Lipinski definition) is 7. The molecule has 0 aliphatic rings. The van der Waals surface area contributed by atoms with E-state index in [-0.39, 0.29) is 5.91 Å². The Morgan fingerprint density at radius 2 is 2.14 bits per heavy atom. The van der Waals surface area contributed by atoms with Gasteiger partial charge in [0.05, 0.1) is 5.52 Å². The van der Waals surface area contributed by atoms with Crippen LogP contribution in [0.1, 0.15) is 6.92 Å². The smallest absolute Gasteiger partial charge is 0.248 e. The van der Waals surface area contributed by atoms with Gasteiger partial charge in [-0.05, 0) is 36.6 Å². The zero-order valence-electron chi connectivity index (χ0n) is 15.8. The van der Waals surface area contributed by atoms with Crippen LogP contribution in [0, 0.1) is 0 Å². The molecule has 2 N–H and O–H groups in total. The first-order valence-corrected chi connectivity index (χ1v) is 9.72. The van der Waals surface area contributed by atoms with E-state index in [1.807, 2.05) is 30.8 Å². The van der Waals surface area contributed by atoms with Crippen molar-refractivity contribution in [3.63, 3.8) is 0 Å². The number of carbonyl (C=O) groups excluding carboxylic acids is 1. The van der Waals surface area contributed by atoms with E-state index < -0.39 is 0 Å². The molecular formula is C20H18N6O2S. The molecule has 1 amide bonds. The van der Waals surface area contributed by atoms with E-state index in [1.54, 1.807) is 41.9 Å². The number of benzene rings is 1. The van der Waals surface area contributed by atoms with Crippen molar-refractivity contribution in [2.45, 2.75) is 6.92 Å². The van der Waals surface area contributed by atoms with Crippen molar-refractivity contribution >= 4 is 44.9 Å². The third kappa shape index (κ3) is 4.41. The number of amides is 1. The minimum absolute atomic E-state index is 0.200. The third-order valence-electron chi connectivity index (χ3n) is 3.86. The van der Waals surface area contributed by atoms with Gasteiger partial charge < -0.3 is 15.4 Å². The lowest BCUT2D eigenvalue weighted by Gasteiger charge is -2.10. The van der Waals surface area contributed by atoms with E-state index in [4.69, 9.17) is 4.74 Å². The van der Waals surface area contributed by atoms with E-state index in [0.717, 1.165) is 10.2 Å². The van der Waals surface area contributed by atoms with Crippen LogP contribution >= 0.6 is 11.3 Å². The van der Waals surface area contributed by atoms with Gasteiger partial charge >= 0.3 is 0 Å². The molecule has 3 heterocycles. The summed E-state index contributed by atoms with van der Waals surface area (Å²) < 4.78 is 8.56. The molecule has 146 valence electrons. The van der Waals surface area contributed by atoms with E-state index in [0.29, 0.717) is 29.1 Å². The molecule has 0 saturated carbocycles. The monoisotopic (exact) mass is 406 g/mol. The molecule has 0 bridgehead atoms. The van der Waals surface area contributed by atoms with Gasteiger partial charge in [-0.25, -0.2) is 4.98 Å². The Bertz CT molecular complexity index is 1200. The van der Waals surface area contributed by atoms with Crippen LogP contribution in [0.4, 0.5) is 17.5 Å². The van der Waals surface area contributed by atoms with Crippen molar-refractivity contribution in [2.75, 3.05) is 10.6 Å². The maximum absolute atomic E-state index is 11.8. The van der Waals surface area contributed by atoms with E-state index in [1.165, 1.54) is 17.4 Å². The lowest BCUT2D eigenvalue weighted by molar-refractivity contribution is -0.111. The predicted molar refractivity (Wildman–Crippen MR) is 114 cm³/mol. The molecule has 0 radical (unpaired) electrons. The number of rotatable bonds is 6. The number of hydrogen-bond donors (Lipinski definition) is 2. The fourth-order valence-electron chi connectivity index (χ4n) is 2.64. The molecule has 0 fully saturated rings. The van der Waals surface area contributed by atoms with Crippen LogP contribution in [-0.4, -0.2) is 25.7 Å². The van der Waals surface area contributed by atoms with E-state index in [2.05, 4.69) is 25.7 Å². The van der Waals surface area contributed by atoms with Crippen LogP contribution in [0.3, 0.4) is 0 Å². The molecule has 1 aromatic carbocycles. The molecule has 0 spiro atoms. The molecule has 9 heteroatoms. The van der Waals surface area contributed by atoms with Crippen LogP contribution in [0.2, 0.25) is 0 Å². The first kappa shape index (κ1) is 18.6. The minimum atomic E-state index is -0.200. The van der Waals surface area contributed by atoms with Crippen molar-refractivity contribution in [1.29, 1.82) is 0 Å². The topological polar surface area (TPSA) is 94.0 Å². The number of allylic oxidation sites excluding steroid dienone is 1. The van der Waals surface area contributed by atoms with Crippen LogP contribution in [0.25, 0.3) is 10.2 Å². The van der Waals surface area contributed by atoms with Crippen LogP contribution in [0.15, 0.2) is 60.1 Å². The summed E-state index contributed by atoms with van der Waals surface area (Å²) in [5.41, 5.74) is 1.41. The molecular weight excluding hydrogens is 388 g/mol. The molecule has 0 saturated heterocycles. The second-order valence-corrected chi connectivity index (χ2v) is 7.02. The molecule has 8 nitrogen and oxygen atoms in total. The Morgan fingerprint density at radius 3 is 2.93 bits per heavy atom. The fourth-order valence-corrected chi connectivity index (χ4v) is 3.40. The lowest BCUT2D eigenvalue weighted by atomic mass is 10.3. The SMILES string of the molecule is C/C=C/C(=O)Nc1cccc(Oc2nc(Nc3ccn(C)n3)nc3ccsc23)c1. The predicted octanol–water partition coefficient (Wildman–Crippen LogP) is 4.48. The molecule has 29 heavy (non-hydrogen) atoms. The van der Waals surface area contributed by atoms with Gasteiger partial charge in [-0.3, -0.25) is 9.48 Å². The summed E-state index contributed by atoms with van der Waals surface area (Å²) in [7, 11) is 1.84. The highest BCUT2D eigenvalue weighted by Gasteiger charge is 2.13. The van der Waals surface area contributed by atoms with Crippen molar-refractivity contribution < 1.29 is 9.53 Å². The summed E-state index contributed by atoms with van der Waals surface area (Å²) in [6.45, 7) is 1.79. The number of anilines is 3. The second-order valence-electron chi connectivity index (χ2n) is 6.11. The van der Waals surface area contributed by atoms with Gasteiger partial charge in [0.2, 0.25) is 17.7 Å². The van der Waals surface area contributed by atoms with Crippen LogP contribution < -0.4 is 15.4 Å². The summed E-state index contributed by atoms with van der Waals surface area (Å²) in [4.78, 5) is 20.8. The molecule has 3 aromatic heterocycles. The lowest BCUT2D eigenvalue weighted by Crippen LogP contribution is -2.07. The van der Waals surface area contributed by atoms with Crippen LogP contribution in [-0.2, 0) is 11.8 Å². The highest BCUT2D eigenvalue weighted by molar-refractivity contribution is 7.17. The van der Waals surface area contributed by atoms with Crippen molar-refractivity contribution in [3.8, 4) is 11.6 Å². The number of nitrogens with one attached hydrogen (secondary N) is 2. The number of nitrogens with zero attached hydrogens (tertiary/aromatic N) is 4. The Kier molecular flexibility index (Phi) is 5.21. The molecule has 0 unspecified atom stereocenters. The average molecular weight is 406 g/mol. The molecule has 0 atom stereocenters. The van der Waals surface area contributed by atoms with Crippen LogP contribution in [0.5, 0.6) is 11.6 Å². The van der Waals surface area contributed by atoms with Gasteiger partial charge in [0.15, 0.2) is 5.82 Å². The highest BCUT2D eigenvalue weighted by atomic mass is 32.1. The van der Waals surface area contributed by atoms with Gasteiger partial charge in [0, 0.05) is 31.1 Å². The standard InChI is InChI=1S/C20H18N6O2S/c1-3-5-17(27)21-13-6-4-7-14(12-13)28-19-18-15(9-11-29-18)22-20(24-19)23-16-8-10-26(2)25-16/h3-12H,1-2H3,(H,21,27)(H,22,23,24,25)/b5-3+. The Morgan fingerprint density at radius 1 is 1.24 bits per heavy atom. The normalized spacial score (nSPS) is 11.1. The Labute approximate surface area is 170 Å². The van der Waals surface area contributed by atoms with Crippen molar-refractivity contribution in [3.05, 3.63) is 60.1 Å². The second kappa shape index (κ2) is 8.11. The summed E-state index contributed by atoms with van der Waals surface area (Å²) in [6.07, 6.45) is 4.97. The average Bonchev–Trinajstić information content (AvgIpc) is 3.31. The zero-order valence-corrected chi connectivity index (χ0v) is 16.6.